The van der Waals surface area contributed by atoms with E-state index in [4.69, 9.17) is 0 Å². The summed E-state index contributed by atoms with van der Waals surface area (Å²) in [6.45, 7) is 8.69. The number of hydrogen-bond acceptors (Lipinski definition) is 5. The van der Waals surface area contributed by atoms with Crippen molar-refractivity contribution in [1.82, 2.24) is 14.9 Å². The number of hydrogen-bond donors (Lipinski definition) is 2. The minimum absolute atomic E-state index is 0.410. The van der Waals surface area contributed by atoms with E-state index in [0.717, 1.165) is 24.7 Å². The Kier molecular flexibility index (Phi) is 4.75. The Morgan fingerprint density at radius 2 is 2.00 bits per heavy atom. The minimum atomic E-state index is 0.410. The van der Waals surface area contributed by atoms with Gasteiger partial charge >= 0.3 is 0 Å². The van der Waals surface area contributed by atoms with Crippen LogP contribution in [0.2, 0.25) is 0 Å². The zero-order chi connectivity index (χ0) is 12.8. The van der Waals surface area contributed by atoms with Gasteiger partial charge in [-0.15, -0.1) is 0 Å². The first kappa shape index (κ1) is 13.1. The lowest BCUT2D eigenvalue weighted by Crippen LogP contribution is -2.33. The molecule has 0 amide bonds. The summed E-state index contributed by atoms with van der Waals surface area (Å²) in [5, 5.41) is 6.63. The molecule has 0 aliphatic carbocycles. The van der Waals surface area contributed by atoms with Crippen LogP contribution >= 0.6 is 0 Å². The Morgan fingerprint density at radius 3 is 2.72 bits per heavy atom. The van der Waals surface area contributed by atoms with Crippen molar-refractivity contribution < 1.29 is 0 Å². The molecule has 0 spiro atoms. The highest BCUT2D eigenvalue weighted by Gasteiger charge is 2.14. The average molecular weight is 249 g/mol. The van der Waals surface area contributed by atoms with E-state index in [-0.39, 0.29) is 0 Å². The average Bonchev–Trinajstić information content (AvgIpc) is 2.82. The van der Waals surface area contributed by atoms with Gasteiger partial charge in [-0.05, 0) is 39.8 Å². The molecule has 0 bridgehead atoms. The fraction of sp³-hybridized carbons (Fsp3) is 0.692. The summed E-state index contributed by atoms with van der Waals surface area (Å²) in [5.74, 6) is 1.77. The molecule has 5 heteroatoms. The van der Waals surface area contributed by atoms with Gasteiger partial charge in [-0.3, -0.25) is 0 Å². The summed E-state index contributed by atoms with van der Waals surface area (Å²) in [4.78, 5) is 10.9. The Hall–Kier alpha value is -1.36. The van der Waals surface area contributed by atoms with Crippen LogP contribution in [-0.4, -0.2) is 47.1 Å². The first-order valence-electron chi connectivity index (χ1n) is 6.82. The molecule has 1 unspecified atom stereocenters. The zero-order valence-corrected chi connectivity index (χ0v) is 11.3. The molecule has 1 aliphatic rings. The third-order valence-electron chi connectivity index (χ3n) is 3.15. The molecular formula is C13H23N5. The maximum atomic E-state index is 4.26. The molecule has 1 fully saturated rings. The number of nitrogens with zero attached hydrogens (tertiary/aromatic N) is 3. The minimum Gasteiger partial charge on any atom is -0.370 e. The highest BCUT2D eigenvalue weighted by atomic mass is 15.2. The third-order valence-corrected chi connectivity index (χ3v) is 3.15. The molecule has 1 atom stereocenters. The molecule has 2 rings (SSSR count). The van der Waals surface area contributed by atoms with Crippen LogP contribution in [0.25, 0.3) is 0 Å². The molecule has 18 heavy (non-hydrogen) atoms. The van der Waals surface area contributed by atoms with Crippen molar-refractivity contribution in [3.05, 3.63) is 12.4 Å². The van der Waals surface area contributed by atoms with Crippen LogP contribution in [0, 0.1) is 0 Å². The van der Waals surface area contributed by atoms with Crippen molar-refractivity contribution in [2.75, 3.05) is 36.8 Å². The fourth-order valence-electron chi connectivity index (χ4n) is 2.36. The SMILES string of the molecule is CCNc1cc(NC(C)CN2CCCC2)ncn1. The predicted molar refractivity (Wildman–Crippen MR) is 75.0 cm³/mol. The van der Waals surface area contributed by atoms with Crippen LogP contribution in [0.1, 0.15) is 26.7 Å². The van der Waals surface area contributed by atoms with Crippen molar-refractivity contribution in [2.45, 2.75) is 32.7 Å². The molecule has 100 valence electrons. The number of aromatic nitrogens is 2. The molecule has 0 radical (unpaired) electrons. The largest absolute Gasteiger partial charge is 0.370 e. The third kappa shape index (κ3) is 3.84. The quantitative estimate of drug-likeness (QED) is 0.805. The maximum absolute atomic E-state index is 4.26. The van der Waals surface area contributed by atoms with Gasteiger partial charge in [0.15, 0.2) is 0 Å². The highest BCUT2D eigenvalue weighted by Crippen LogP contribution is 2.12. The van der Waals surface area contributed by atoms with E-state index in [2.05, 4.69) is 39.3 Å². The summed E-state index contributed by atoms with van der Waals surface area (Å²) >= 11 is 0. The molecule has 0 aromatic carbocycles. The van der Waals surface area contributed by atoms with Crippen molar-refractivity contribution in [3.8, 4) is 0 Å². The molecule has 2 heterocycles. The second kappa shape index (κ2) is 6.54. The van der Waals surface area contributed by atoms with E-state index in [1.807, 2.05) is 6.07 Å². The summed E-state index contributed by atoms with van der Waals surface area (Å²) in [5.41, 5.74) is 0. The lowest BCUT2D eigenvalue weighted by Gasteiger charge is -2.21. The van der Waals surface area contributed by atoms with E-state index in [9.17, 15) is 0 Å². The van der Waals surface area contributed by atoms with Gasteiger partial charge < -0.3 is 15.5 Å². The molecule has 2 N–H and O–H groups in total. The number of nitrogens with one attached hydrogen (secondary N) is 2. The molecule has 0 saturated carbocycles. The van der Waals surface area contributed by atoms with E-state index in [1.54, 1.807) is 6.33 Å². The lowest BCUT2D eigenvalue weighted by atomic mass is 10.3. The summed E-state index contributed by atoms with van der Waals surface area (Å²) in [7, 11) is 0. The molecule has 1 aliphatic heterocycles. The normalized spacial score (nSPS) is 17.7. The number of likely N-dealkylation sites (tertiary alicyclic amines) is 1. The van der Waals surface area contributed by atoms with E-state index >= 15 is 0 Å². The van der Waals surface area contributed by atoms with Gasteiger partial charge in [-0.1, -0.05) is 0 Å². The van der Waals surface area contributed by atoms with Crippen LogP contribution in [0.3, 0.4) is 0 Å². The maximum Gasteiger partial charge on any atom is 0.131 e. The van der Waals surface area contributed by atoms with Gasteiger partial charge in [0, 0.05) is 25.2 Å². The number of rotatable bonds is 6. The van der Waals surface area contributed by atoms with E-state index < -0.39 is 0 Å². The van der Waals surface area contributed by atoms with Crippen LogP contribution in [0.15, 0.2) is 12.4 Å². The number of anilines is 2. The van der Waals surface area contributed by atoms with Crippen LogP contribution in [-0.2, 0) is 0 Å². The highest BCUT2D eigenvalue weighted by molar-refractivity contribution is 5.46. The van der Waals surface area contributed by atoms with Crippen LogP contribution in [0.4, 0.5) is 11.6 Å². The van der Waals surface area contributed by atoms with Gasteiger partial charge in [0.1, 0.15) is 18.0 Å². The van der Waals surface area contributed by atoms with Gasteiger partial charge in [-0.25, -0.2) is 9.97 Å². The van der Waals surface area contributed by atoms with Crippen molar-refractivity contribution in [2.24, 2.45) is 0 Å². The zero-order valence-electron chi connectivity index (χ0n) is 11.3. The molecule has 1 saturated heterocycles. The first-order valence-corrected chi connectivity index (χ1v) is 6.82. The van der Waals surface area contributed by atoms with Crippen molar-refractivity contribution in [1.29, 1.82) is 0 Å². The van der Waals surface area contributed by atoms with E-state index in [1.165, 1.54) is 25.9 Å². The van der Waals surface area contributed by atoms with Crippen LogP contribution < -0.4 is 10.6 Å². The fourth-order valence-corrected chi connectivity index (χ4v) is 2.36. The van der Waals surface area contributed by atoms with Gasteiger partial charge in [0.25, 0.3) is 0 Å². The van der Waals surface area contributed by atoms with Crippen molar-refractivity contribution in [3.63, 3.8) is 0 Å². The van der Waals surface area contributed by atoms with E-state index in [0.29, 0.717) is 6.04 Å². The molecule has 1 aromatic rings. The Balaban J connectivity index is 1.85. The second-order valence-electron chi connectivity index (χ2n) is 4.87. The lowest BCUT2D eigenvalue weighted by molar-refractivity contribution is 0.327. The van der Waals surface area contributed by atoms with Crippen molar-refractivity contribution >= 4 is 11.6 Å². The Labute approximate surface area is 109 Å². The first-order chi connectivity index (χ1) is 8.78. The smallest absolute Gasteiger partial charge is 0.131 e. The monoisotopic (exact) mass is 249 g/mol. The summed E-state index contributed by atoms with van der Waals surface area (Å²) < 4.78 is 0. The van der Waals surface area contributed by atoms with Gasteiger partial charge in [-0.2, -0.15) is 0 Å². The summed E-state index contributed by atoms with van der Waals surface area (Å²) in [6.07, 6.45) is 4.28. The molecular weight excluding hydrogens is 226 g/mol. The predicted octanol–water partition coefficient (Wildman–Crippen LogP) is 1.80. The Morgan fingerprint density at radius 1 is 1.28 bits per heavy atom. The van der Waals surface area contributed by atoms with Gasteiger partial charge in [0.05, 0.1) is 0 Å². The second-order valence-corrected chi connectivity index (χ2v) is 4.87. The molecule has 5 nitrogen and oxygen atoms in total. The topological polar surface area (TPSA) is 53.1 Å². The Bertz CT molecular complexity index is 362. The standard InChI is InChI=1S/C13H23N5/c1-3-14-12-8-13(16-10-15-12)17-11(2)9-18-6-4-5-7-18/h8,10-11H,3-7,9H2,1-2H3,(H2,14,15,16,17). The molecule has 1 aromatic heterocycles. The van der Waals surface area contributed by atoms with Gasteiger partial charge in [0.2, 0.25) is 0 Å². The summed E-state index contributed by atoms with van der Waals surface area (Å²) in [6, 6.07) is 2.37. The van der Waals surface area contributed by atoms with Crippen LogP contribution in [0.5, 0.6) is 0 Å².